The molecule has 0 aliphatic carbocycles. The van der Waals surface area contributed by atoms with Gasteiger partial charge in [-0.15, -0.1) is 6.58 Å². The molecule has 0 amide bonds. The van der Waals surface area contributed by atoms with Crippen LogP contribution in [0.3, 0.4) is 0 Å². The van der Waals surface area contributed by atoms with E-state index in [0.29, 0.717) is 6.54 Å². The first kappa shape index (κ1) is 11.5. The predicted octanol–water partition coefficient (Wildman–Crippen LogP) is 1.28. The Balaban J connectivity index is 2.41. The van der Waals surface area contributed by atoms with Crippen molar-refractivity contribution in [2.45, 2.75) is 32.2 Å². The lowest BCUT2D eigenvalue weighted by molar-refractivity contribution is 0.566. The number of allylic oxidation sites excluding steroid dienone is 1. The van der Waals surface area contributed by atoms with Gasteiger partial charge in [0.25, 0.3) is 5.56 Å². The lowest BCUT2D eigenvalue weighted by Crippen LogP contribution is -2.28. The van der Waals surface area contributed by atoms with Crippen LogP contribution in [0, 0.1) is 0 Å². The van der Waals surface area contributed by atoms with Crippen LogP contribution in [0.4, 0.5) is 0 Å². The van der Waals surface area contributed by atoms with Gasteiger partial charge in [-0.3, -0.25) is 9.78 Å². The Hall–Kier alpha value is -1.58. The number of nitrogens with zero attached hydrogens (tertiary/aromatic N) is 1. The first-order chi connectivity index (χ1) is 7.24. The summed E-state index contributed by atoms with van der Waals surface area (Å²) in [4.78, 5) is 24.3. The van der Waals surface area contributed by atoms with E-state index in [2.05, 4.69) is 11.6 Å². The van der Waals surface area contributed by atoms with E-state index in [1.165, 1.54) is 16.8 Å². The van der Waals surface area contributed by atoms with Gasteiger partial charge >= 0.3 is 5.69 Å². The molecule has 0 unspecified atom stereocenters. The second-order valence-electron chi connectivity index (χ2n) is 3.44. The second-order valence-corrected chi connectivity index (χ2v) is 3.44. The van der Waals surface area contributed by atoms with Crippen LogP contribution >= 0.6 is 0 Å². The van der Waals surface area contributed by atoms with Crippen molar-refractivity contribution in [1.29, 1.82) is 0 Å². The van der Waals surface area contributed by atoms with Crippen LogP contribution in [0.5, 0.6) is 0 Å². The van der Waals surface area contributed by atoms with Gasteiger partial charge in [0.1, 0.15) is 0 Å². The van der Waals surface area contributed by atoms with Crippen molar-refractivity contribution in [3.63, 3.8) is 0 Å². The summed E-state index contributed by atoms with van der Waals surface area (Å²) in [6, 6.07) is 1.37. The van der Waals surface area contributed by atoms with Crippen LogP contribution < -0.4 is 11.2 Å². The Morgan fingerprint density at radius 1 is 1.33 bits per heavy atom. The van der Waals surface area contributed by atoms with E-state index in [1.54, 1.807) is 0 Å². The molecular formula is C11H16N2O2. The third-order valence-corrected chi connectivity index (χ3v) is 2.20. The van der Waals surface area contributed by atoms with Crippen LogP contribution in [0.15, 0.2) is 34.5 Å². The Morgan fingerprint density at radius 3 is 2.80 bits per heavy atom. The van der Waals surface area contributed by atoms with Crippen molar-refractivity contribution in [1.82, 2.24) is 9.55 Å². The minimum Gasteiger partial charge on any atom is -0.301 e. The molecule has 0 fully saturated rings. The molecule has 4 nitrogen and oxygen atoms in total. The van der Waals surface area contributed by atoms with Crippen molar-refractivity contribution in [3.05, 3.63) is 45.8 Å². The molecule has 1 aromatic rings. The molecule has 1 N–H and O–H groups in total. The topological polar surface area (TPSA) is 54.9 Å². The van der Waals surface area contributed by atoms with Crippen LogP contribution in [0.1, 0.15) is 25.7 Å². The standard InChI is InChI=1S/C11H16N2O2/c1-2-3-4-5-6-8-13-9-7-10(14)12-11(13)15/h2,7,9H,1,3-6,8H2,(H,12,14,15). The zero-order valence-electron chi connectivity index (χ0n) is 8.74. The summed E-state index contributed by atoms with van der Waals surface area (Å²) in [5, 5.41) is 0. The SMILES string of the molecule is C=CCCCCCn1ccc(=O)[nH]c1=O. The number of H-pyrrole nitrogens is 1. The largest absolute Gasteiger partial charge is 0.328 e. The number of aromatic amines is 1. The average Bonchev–Trinajstić information content (AvgIpc) is 2.20. The number of nitrogens with one attached hydrogen (secondary N) is 1. The molecule has 0 saturated heterocycles. The molecule has 1 heterocycles. The van der Waals surface area contributed by atoms with Crippen molar-refractivity contribution in [2.24, 2.45) is 0 Å². The number of aromatic nitrogens is 2. The highest BCUT2D eigenvalue weighted by Crippen LogP contribution is 2.00. The van der Waals surface area contributed by atoms with Gasteiger partial charge in [-0.1, -0.05) is 12.5 Å². The van der Waals surface area contributed by atoms with Gasteiger partial charge in [0, 0.05) is 18.8 Å². The molecule has 0 bridgehead atoms. The van der Waals surface area contributed by atoms with Gasteiger partial charge in [0.15, 0.2) is 0 Å². The van der Waals surface area contributed by atoms with E-state index in [4.69, 9.17) is 0 Å². The molecule has 4 heteroatoms. The normalized spacial score (nSPS) is 10.1. The number of hydrogen-bond donors (Lipinski definition) is 1. The summed E-state index contributed by atoms with van der Waals surface area (Å²) in [5.41, 5.74) is -0.672. The maximum atomic E-state index is 11.3. The summed E-state index contributed by atoms with van der Waals surface area (Å²) < 4.78 is 1.52. The quantitative estimate of drug-likeness (QED) is 0.565. The van der Waals surface area contributed by atoms with E-state index in [9.17, 15) is 9.59 Å². The van der Waals surface area contributed by atoms with Gasteiger partial charge in [0.2, 0.25) is 0 Å². The molecular weight excluding hydrogens is 192 g/mol. The van der Waals surface area contributed by atoms with E-state index < -0.39 is 0 Å². The zero-order chi connectivity index (χ0) is 11.1. The highest BCUT2D eigenvalue weighted by atomic mass is 16.2. The Morgan fingerprint density at radius 2 is 2.13 bits per heavy atom. The van der Waals surface area contributed by atoms with Gasteiger partial charge in [-0.2, -0.15) is 0 Å². The van der Waals surface area contributed by atoms with Crippen molar-refractivity contribution < 1.29 is 0 Å². The molecule has 15 heavy (non-hydrogen) atoms. The average molecular weight is 208 g/mol. The Labute approximate surface area is 88.3 Å². The molecule has 0 spiro atoms. The molecule has 0 saturated carbocycles. The monoisotopic (exact) mass is 208 g/mol. The summed E-state index contributed by atoms with van der Waals surface area (Å²) in [5.74, 6) is 0. The lowest BCUT2D eigenvalue weighted by Gasteiger charge is -2.03. The minimum atomic E-state index is -0.345. The van der Waals surface area contributed by atoms with E-state index in [0.717, 1.165) is 25.7 Å². The molecule has 0 atom stereocenters. The first-order valence-corrected chi connectivity index (χ1v) is 5.14. The third kappa shape index (κ3) is 3.97. The molecule has 0 radical (unpaired) electrons. The van der Waals surface area contributed by atoms with Crippen LogP contribution in [-0.4, -0.2) is 9.55 Å². The van der Waals surface area contributed by atoms with Gasteiger partial charge < -0.3 is 4.57 Å². The molecule has 1 aromatic heterocycles. The fourth-order valence-electron chi connectivity index (χ4n) is 1.37. The molecule has 1 rings (SSSR count). The highest BCUT2D eigenvalue weighted by Gasteiger charge is 1.95. The molecule has 0 aromatic carbocycles. The van der Waals surface area contributed by atoms with Crippen molar-refractivity contribution >= 4 is 0 Å². The van der Waals surface area contributed by atoms with Crippen molar-refractivity contribution in [2.75, 3.05) is 0 Å². The fraction of sp³-hybridized carbons (Fsp3) is 0.455. The van der Waals surface area contributed by atoms with Gasteiger partial charge in [-0.05, 0) is 19.3 Å². The van der Waals surface area contributed by atoms with Gasteiger partial charge in [0.05, 0.1) is 0 Å². The first-order valence-electron chi connectivity index (χ1n) is 5.14. The summed E-state index contributed by atoms with van der Waals surface area (Å²) in [7, 11) is 0. The molecule has 0 aliphatic rings. The minimum absolute atomic E-state index is 0.328. The zero-order valence-corrected chi connectivity index (χ0v) is 8.74. The second kappa shape index (κ2) is 6.01. The molecule has 82 valence electrons. The maximum Gasteiger partial charge on any atom is 0.328 e. The summed E-state index contributed by atoms with van der Waals surface area (Å²) >= 11 is 0. The Bertz CT molecular complexity index is 417. The number of unbranched alkanes of at least 4 members (excludes halogenated alkanes) is 3. The highest BCUT2D eigenvalue weighted by molar-refractivity contribution is 4.82. The fourth-order valence-corrected chi connectivity index (χ4v) is 1.37. The number of hydrogen-bond acceptors (Lipinski definition) is 2. The van der Waals surface area contributed by atoms with Crippen LogP contribution in [0.25, 0.3) is 0 Å². The van der Waals surface area contributed by atoms with E-state index in [1.807, 2.05) is 6.08 Å². The van der Waals surface area contributed by atoms with Crippen molar-refractivity contribution in [3.8, 4) is 0 Å². The predicted molar refractivity (Wildman–Crippen MR) is 60.0 cm³/mol. The summed E-state index contributed by atoms with van der Waals surface area (Å²) in [6.07, 6.45) is 7.56. The molecule has 0 aliphatic heterocycles. The van der Waals surface area contributed by atoms with E-state index in [-0.39, 0.29) is 11.2 Å². The maximum absolute atomic E-state index is 11.3. The lowest BCUT2D eigenvalue weighted by atomic mass is 10.2. The third-order valence-electron chi connectivity index (χ3n) is 2.20. The summed E-state index contributed by atoms with van der Waals surface area (Å²) in [6.45, 7) is 4.30. The Kier molecular flexibility index (Phi) is 4.60. The van der Waals surface area contributed by atoms with Crippen LogP contribution in [0.2, 0.25) is 0 Å². The number of rotatable bonds is 6. The number of aryl methyl sites for hydroxylation is 1. The van der Waals surface area contributed by atoms with E-state index >= 15 is 0 Å². The van der Waals surface area contributed by atoms with Gasteiger partial charge in [-0.25, -0.2) is 4.79 Å². The van der Waals surface area contributed by atoms with Crippen LogP contribution in [-0.2, 0) is 6.54 Å². The smallest absolute Gasteiger partial charge is 0.301 e.